The maximum atomic E-state index is 11.0. The molecule has 2 N–H and O–H groups in total. The SMILES string of the molecule is C=C(CO)[C@@H](CCCC)[C@@H](O)C[C@@H](C)[C@H]1CC[C@H]2C(=CBr)CCC[C@]12C. The number of allylic oxidation sites excluding steroid dienone is 1. The van der Waals surface area contributed by atoms with Crippen molar-refractivity contribution >= 4 is 15.9 Å². The molecule has 2 saturated carbocycles. The Morgan fingerprint density at radius 1 is 1.42 bits per heavy atom. The van der Waals surface area contributed by atoms with E-state index >= 15 is 0 Å². The van der Waals surface area contributed by atoms with E-state index in [-0.39, 0.29) is 18.6 Å². The summed E-state index contributed by atoms with van der Waals surface area (Å²) in [6, 6.07) is 0. The van der Waals surface area contributed by atoms with Crippen LogP contribution in [0.4, 0.5) is 0 Å². The molecule has 0 saturated heterocycles. The molecule has 0 aliphatic heterocycles. The number of fused-ring (bicyclic) bond motifs is 1. The Balaban J connectivity index is 2.06. The van der Waals surface area contributed by atoms with E-state index in [1.807, 2.05) is 0 Å². The van der Waals surface area contributed by atoms with E-state index < -0.39 is 0 Å². The van der Waals surface area contributed by atoms with Crippen LogP contribution in [-0.4, -0.2) is 22.9 Å². The lowest BCUT2D eigenvalue weighted by molar-refractivity contribution is 0.0430. The van der Waals surface area contributed by atoms with Gasteiger partial charge in [-0.2, -0.15) is 0 Å². The molecule has 2 nitrogen and oxygen atoms in total. The Labute approximate surface area is 169 Å². The van der Waals surface area contributed by atoms with E-state index in [9.17, 15) is 10.2 Å². The minimum atomic E-state index is -0.381. The number of rotatable bonds is 9. The summed E-state index contributed by atoms with van der Waals surface area (Å²) in [6.45, 7) is 11.0. The Morgan fingerprint density at radius 3 is 2.77 bits per heavy atom. The lowest BCUT2D eigenvalue weighted by Crippen LogP contribution is -2.37. The summed E-state index contributed by atoms with van der Waals surface area (Å²) in [6.07, 6.45) is 9.99. The molecule has 150 valence electrons. The second-order valence-electron chi connectivity index (χ2n) is 9.13. The van der Waals surface area contributed by atoms with Crippen LogP contribution in [0.3, 0.4) is 0 Å². The largest absolute Gasteiger partial charge is 0.392 e. The molecule has 2 aliphatic carbocycles. The van der Waals surface area contributed by atoms with Crippen molar-refractivity contribution in [3.05, 3.63) is 22.7 Å². The zero-order valence-corrected chi connectivity index (χ0v) is 18.6. The maximum absolute atomic E-state index is 11.0. The van der Waals surface area contributed by atoms with Gasteiger partial charge in [0.25, 0.3) is 0 Å². The van der Waals surface area contributed by atoms with E-state index in [1.165, 1.54) is 32.1 Å². The molecule has 26 heavy (non-hydrogen) atoms. The van der Waals surface area contributed by atoms with Crippen LogP contribution in [0.5, 0.6) is 0 Å². The van der Waals surface area contributed by atoms with Crippen LogP contribution in [0.15, 0.2) is 22.7 Å². The van der Waals surface area contributed by atoms with Gasteiger partial charge >= 0.3 is 0 Å². The van der Waals surface area contributed by atoms with Crippen molar-refractivity contribution in [2.24, 2.45) is 29.1 Å². The molecule has 2 rings (SSSR count). The van der Waals surface area contributed by atoms with Crippen LogP contribution in [0.25, 0.3) is 0 Å². The third kappa shape index (κ3) is 4.64. The van der Waals surface area contributed by atoms with Gasteiger partial charge in [0.05, 0.1) is 12.7 Å². The molecule has 0 unspecified atom stereocenters. The number of hydrogen-bond donors (Lipinski definition) is 2. The molecule has 0 radical (unpaired) electrons. The molecular formula is C23H39BrO2. The lowest BCUT2D eigenvalue weighted by atomic mass is 9.61. The highest BCUT2D eigenvalue weighted by Crippen LogP contribution is 2.60. The highest BCUT2D eigenvalue weighted by molar-refractivity contribution is 9.11. The molecule has 0 aromatic carbocycles. The fraction of sp³-hybridized carbons (Fsp3) is 0.826. The van der Waals surface area contributed by atoms with Gasteiger partial charge in [-0.25, -0.2) is 0 Å². The summed E-state index contributed by atoms with van der Waals surface area (Å²) >= 11 is 3.60. The van der Waals surface area contributed by atoms with Crippen molar-refractivity contribution in [2.45, 2.75) is 84.7 Å². The van der Waals surface area contributed by atoms with Crippen molar-refractivity contribution in [3.63, 3.8) is 0 Å². The van der Waals surface area contributed by atoms with Crippen molar-refractivity contribution < 1.29 is 10.2 Å². The molecule has 0 heterocycles. The number of unbranched alkanes of at least 4 members (excludes halogenated alkanes) is 1. The summed E-state index contributed by atoms with van der Waals surface area (Å²) in [5.74, 6) is 1.93. The van der Waals surface area contributed by atoms with Gasteiger partial charge in [-0.15, -0.1) is 0 Å². The standard InChI is InChI=1S/C23H39BrO2/c1-5-6-9-19(17(3)15-25)22(26)13-16(2)20-10-11-21-18(14-24)8-7-12-23(20,21)4/h14,16,19-22,25-26H,3,5-13,15H2,1-2,4H3/t16-,19-,20-,21+,22+,23-/m1/s1. The molecule has 0 spiro atoms. The van der Waals surface area contributed by atoms with E-state index in [0.29, 0.717) is 23.2 Å². The van der Waals surface area contributed by atoms with Crippen molar-refractivity contribution in [2.75, 3.05) is 6.61 Å². The van der Waals surface area contributed by atoms with E-state index in [0.717, 1.165) is 31.3 Å². The van der Waals surface area contributed by atoms with Gasteiger partial charge in [0, 0.05) is 5.92 Å². The van der Waals surface area contributed by atoms with E-state index in [4.69, 9.17) is 0 Å². The predicted molar refractivity (Wildman–Crippen MR) is 114 cm³/mol. The van der Waals surface area contributed by atoms with Crippen LogP contribution in [0.2, 0.25) is 0 Å². The average molecular weight is 427 g/mol. The summed E-state index contributed by atoms with van der Waals surface area (Å²) < 4.78 is 0. The van der Waals surface area contributed by atoms with Crippen LogP contribution in [0.1, 0.15) is 78.6 Å². The molecule has 3 heteroatoms. The normalized spacial score (nSPS) is 33.7. The Hall–Kier alpha value is -0.120. The predicted octanol–water partition coefficient (Wildman–Crippen LogP) is 6.22. The fourth-order valence-electron chi connectivity index (χ4n) is 6.06. The number of hydrogen-bond acceptors (Lipinski definition) is 2. The zero-order valence-electron chi connectivity index (χ0n) is 17.0. The monoisotopic (exact) mass is 426 g/mol. The van der Waals surface area contributed by atoms with Gasteiger partial charge in [0.1, 0.15) is 0 Å². The molecule has 2 fully saturated rings. The molecule has 0 aromatic rings. The molecular weight excluding hydrogens is 388 g/mol. The lowest BCUT2D eigenvalue weighted by Gasteiger charge is -2.44. The first-order valence-electron chi connectivity index (χ1n) is 10.6. The summed E-state index contributed by atoms with van der Waals surface area (Å²) in [5, 5.41) is 20.5. The first-order chi connectivity index (χ1) is 12.4. The van der Waals surface area contributed by atoms with Crippen molar-refractivity contribution in [1.29, 1.82) is 0 Å². The highest BCUT2D eigenvalue weighted by atomic mass is 79.9. The van der Waals surface area contributed by atoms with Crippen molar-refractivity contribution in [3.8, 4) is 0 Å². The third-order valence-electron chi connectivity index (χ3n) is 7.54. The molecule has 6 atom stereocenters. The number of aliphatic hydroxyl groups excluding tert-OH is 2. The average Bonchev–Trinajstić information content (AvgIpc) is 2.98. The zero-order chi connectivity index (χ0) is 19.3. The highest BCUT2D eigenvalue weighted by Gasteiger charge is 2.50. The third-order valence-corrected chi connectivity index (χ3v) is 8.13. The van der Waals surface area contributed by atoms with Gasteiger partial charge in [-0.05, 0) is 78.7 Å². The minimum absolute atomic E-state index is 0.0115. The van der Waals surface area contributed by atoms with Crippen LogP contribution in [0, 0.1) is 29.1 Å². The second-order valence-corrected chi connectivity index (χ2v) is 9.58. The Morgan fingerprint density at radius 2 is 2.15 bits per heavy atom. The molecule has 0 aromatic heterocycles. The smallest absolute Gasteiger partial charge is 0.0642 e. The van der Waals surface area contributed by atoms with E-state index in [1.54, 1.807) is 5.57 Å². The first-order valence-corrected chi connectivity index (χ1v) is 11.6. The number of halogens is 1. The van der Waals surface area contributed by atoms with Crippen molar-refractivity contribution in [1.82, 2.24) is 0 Å². The summed E-state index contributed by atoms with van der Waals surface area (Å²) in [5.41, 5.74) is 2.78. The first kappa shape index (κ1) is 22.2. The minimum Gasteiger partial charge on any atom is -0.392 e. The quantitative estimate of drug-likeness (QED) is 0.429. The Bertz CT molecular complexity index is 500. The van der Waals surface area contributed by atoms with Crippen LogP contribution in [-0.2, 0) is 0 Å². The van der Waals surface area contributed by atoms with Gasteiger partial charge < -0.3 is 10.2 Å². The van der Waals surface area contributed by atoms with Gasteiger partial charge in [-0.3, -0.25) is 0 Å². The topological polar surface area (TPSA) is 40.5 Å². The van der Waals surface area contributed by atoms with E-state index in [2.05, 4.69) is 48.3 Å². The maximum Gasteiger partial charge on any atom is 0.0642 e. The van der Waals surface area contributed by atoms with Crippen LogP contribution < -0.4 is 0 Å². The Kier molecular flexibility index (Phi) is 8.43. The van der Waals surface area contributed by atoms with Gasteiger partial charge in [-0.1, -0.05) is 61.7 Å². The number of aliphatic hydroxyl groups is 2. The molecule has 0 bridgehead atoms. The van der Waals surface area contributed by atoms with Gasteiger partial charge in [0.2, 0.25) is 0 Å². The fourth-order valence-corrected chi connectivity index (χ4v) is 6.61. The van der Waals surface area contributed by atoms with Crippen LogP contribution >= 0.6 is 15.9 Å². The molecule has 0 amide bonds. The summed E-state index contributed by atoms with van der Waals surface area (Å²) in [4.78, 5) is 2.18. The second kappa shape index (κ2) is 9.89. The molecule has 2 aliphatic rings. The summed E-state index contributed by atoms with van der Waals surface area (Å²) in [7, 11) is 0. The van der Waals surface area contributed by atoms with Gasteiger partial charge in [0.15, 0.2) is 0 Å².